The van der Waals surface area contributed by atoms with Crippen LogP contribution in [-0.4, -0.2) is 29.1 Å². The minimum absolute atomic E-state index is 0.255. The Balaban J connectivity index is 1.68. The normalized spacial score (nSPS) is 23.5. The molecule has 0 spiro atoms. The molecule has 2 atom stereocenters. The Morgan fingerprint density at radius 3 is 2.59 bits per heavy atom. The first-order chi connectivity index (χ1) is 16.1. The molecule has 0 saturated heterocycles. The number of primary sulfonamides is 1. The second-order valence-corrected chi connectivity index (χ2v) is 11.3. The molecule has 3 aromatic rings. The molecule has 2 aromatic heterocycles. The minimum Gasteiger partial charge on any atom is -0.383 e. The van der Waals surface area contributed by atoms with Gasteiger partial charge < -0.3 is 10.3 Å². The van der Waals surface area contributed by atoms with Crippen LogP contribution in [0.2, 0.25) is 0 Å². The molecule has 0 aliphatic heterocycles. The largest absolute Gasteiger partial charge is 0.383 e. The van der Waals surface area contributed by atoms with Gasteiger partial charge in [-0.25, -0.2) is 32.3 Å². The van der Waals surface area contributed by atoms with Crippen LogP contribution in [0, 0.1) is 5.82 Å². The molecule has 11 heteroatoms. The smallest absolute Gasteiger partial charge is 0.226 e. The van der Waals surface area contributed by atoms with Crippen LogP contribution in [0.25, 0.3) is 22.2 Å². The van der Waals surface area contributed by atoms with Crippen molar-refractivity contribution >= 4 is 42.8 Å². The average molecular weight is 550 g/mol. The average Bonchev–Trinajstić information content (AvgIpc) is 3.42. The maximum Gasteiger partial charge on any atom is 0.226 e. The Labute approximate surface area is 203 Å². The third kappa shape index (κ3) is 3.48. The van der Waals surface area contributed by atoms with E-state index >= 15 is 8.78 Å². The van der Waals surface area contributed by atoms with Crippen molar-refractivity contribution in [3.05, 3.63) is 64.8 Å². The van der Waals surface area contributed by atoms with Gasteiger partial charge in [-0.15, -0.1) is 0 Å². The van der Waals surface area contributed by atoms with E-state index in [4.69, 9.17) is 10.9 Å². The number of hydrogen-bond donors (Lipinski definition) is 2. The Morgan fingerprint density at radius 2 is 1.94 bits per heavy atom. The van der Waals surface area contributed by atoms with Gasteiger partial charge >= 0.3 is 0 Å². The van der Waals surface area contributed by atoms with E-state index in [0.717, 1.165) is 37.8 Å². The first-order valence-electron chi connectivity index (χ1n) is 10.8. The van der Waals surface area contributed by atoms with Crippen LogP contribution >= 0.6 is 15.9 Å². The highest BCUT2D eigenvalue weighted by Crippen LogP contribution is 2.44. The van der Waals surface area contributed by atoms with E-state index in [-0.39, 0.29) is 17.4 Å². The Kier molecular flexibility index (Phi) is 5.61. The molecule has 7 nitrogen and oxygen atoms in total. The first-order valence-corrected chi connectivity index (χ1v) is 13.1. The fraction of sp³-hybridized carbons (Fsp3) is 0.304. The molecule has 0 bridgehead atoms. The van der Waals surface area contributed by atoms with Crippen molar-refractivity contribution in [2.45, 2.75) is 42.6 Å². The number of nitrogens with two attached hydrogens (primary N) is 2. The number of anilines is 1. The van der Waals surface area contributed by atoms with Crippen molar-refractivity contribution in [3.63, 3.8) is 0 Å². The number of alkyl halides is 1. The number of nitrogens with zero attached hydrogens (tertiary/aromatic N) is 3. The monoisotopic (exact) mass is 549 g/mol. The number of aromatic nitrogens is 3. The van der Waals surface area contributed by atoms with E-state index in [9.17, 15) is 8.42 Å². The molecule has 5 rings (SSSR count). The minimum atomic E-state index is -4.57. The van der Waals surface area contributed by atoms with Gasteiger partial charge in [0.15, 0.2) is 4.75 Å². The predicted octanol–water partition coefficient (Wildman–Crippen LogP) is 4.61. The molecule has 2 aliphatic carbocycles. The summed E-state index contributed by atoms with van der Waals surface area (Å²) in [6.07, 6.45) is 8.90. The van der Waals surface area contributed by atoms with E-state index < -0.39 is 26.8 Å². The van der Waals surface area contributed by atoms with Crippen molar-refractivity contribution in [2.75, 3.05) is 5.73 Å². The summed E-state index contributed by atoms with van der Waals surface area (Å²) in [5, 5.41) is 6.02. The number of benzene rings is 1. The molecule has 4 N–H and O–H groups in total. The molecule has 178 valence electrons. The molecular formula is C23H22BrF2N5O2S. The van der Waals surface area contributed by atoms with Gasteiger partial charge in [0.2, 0.25) is 10.0 Å². The second-order valence-electron chi connectivity index (χ2n) is 8.67. The third-order valence-corrected chi connectivity index (χ3v) is 8.79. The van der Waals surface area contributed by atoms with E-state index in [1.165, 1.54) is 24.5 Å². The summed E-state index contributed by atoms with van der Waals surface area (Å²) < 4.78 is 55.8. The molecule has 2 unspecified atom stereocenters. The van der Waals surface area contributed by atoms with Crippen molar-refractivity contribution < 1.29 is 17.2 Å². The Morgan fingerprint density at radius 1 is 1.21 bits per heavy atom. The van der Waals surface area contributed by atoms with E-state index in [1.807, 2.05) is 6.20 Å². The molecule has 1 saturated carbocycles. The van der Waals surface area contributed by atoms with Crippen LogP contribution < -0.4 is 10.9 Å². The van der Waals surface area contributed by atoms with Crippen LogP contribution in [0.1, 0.15) is 37.3 Å². The summed E-state index contributed by atoms with van der Waals surface area (Å²) in [6, 6.07) is 4.23. The lowest BCUT2D eigenvalue weighted by molar-refractivity contribution is 0.328. The second kappa shape index (κ2) is 8.24. The van der Waals surface area contributed by atoms with Gasteiger partial charge in [0, 0.05) is 27.8 Å². The molecular weight excluding hydrogens is 528 g/mol. The van der Waals surface area contributed by atoms with Gasteiger partial charge in [0.25, 0.3) is 0 Å². The van der Waals surface area contributed by atoms with Gasteiger partial charge in [-0.2, -0.15) is 0 Å². The Bertz CT molecular complexity index is 1460. The van der Waals surface area contributed by atoms with Crippen molar-refractivity contribution in [1.82, 2.24) is 14.5 Å². The summed E-state index contributed by atoms with van der Waals surface area (Å²) >= 11 is 3.12. The number of nitrogen functional groups attached to an aromatic ring is 1. The molecule has 2 heterocycles. The fourth-order valence-electron chi connectivity index (χ4n) is 5.05. The zero-order valence-electron chi connectivity index (χ0n) is 18.0. The number of hydrogen-bond acceptors (Lipinski definition) is 5. The number of sulfonamides is 1. The Hall–Kier alpha value is -2.63. The van der Waals surface area contributed by atoms with E-state index in [2.05, 4.69) is 30.5 Å². The summed E-state index contributed by atoms with van der Waals surface area (Å²) in [5.74, 6) is -0.640. The topological polar surface area (TPSA) is 117 Å². The molecule has 2 aliphatic rings. The fourth-order valence-corrected chi connectivity index (χ4v) is 6.52. The van der Waals surface area contributed by atoms with Gasteiger partial charge in [0.05, 0.1) is 5.39 Å². The lowest BCUT2D eigenvalue weighted by atomic mass is 9.88. The molecule has 0 radical (unpaired) electrons. The number of rotatable bonds is 4. The highest BCUT2D eigenvalue weighted by Gasteiger charge is 2.51. The van der Waals surface area contributed by atoms with Gasteiger partial charge in [-0.05, 0) is 30.5 Å². The molecule has 1 fully saturated rings. The van der Waals surface area contributed by atoms with Crippen molar-refractivity contribution in [3.8, 4) is 11.1 Å². The quantitative estimate of drug-likeness (QED) is 0.493. The van der Waals surface area contributed by atoms with Crippen LogP contribution in [0.4, 0.5) is 14.6 Å². The molecule has 1 aromatic carbocycles. The standard InChI is InChI=1S/C23H22BrF2N5O2S/c24-14-7-8-23(19(26)10-14,34(28,32)33)17-6-5-13(9-18(17)25)16-11-31(15-3-1-2-4-15)22-20(16)21(27)29-12-30-22/h5-12,15,19H,1-4H2,(H2,27,29,30)(H2,28,32,33). The lowest BCUT2D eigenvalue weighted by Gasteiger charge is -2.33. The van der Waals surface area contributed by atoms with Crippen molar-refractivity contribution in [1.29, 1.82) is 0 Å². The first kappa shape index (κ1) is 23.1. The maximum absolute atomic E-state index is 15.6. The lowest BCUT2D eigenvalue weighted by Crippen LogP contribution is -2.47. The van der Waals surface area contributed by atoms with Gasteiger partial charge in [0.1, 0.15) is 29.8 Å². The summed E-state index contributed by atoms with van der Waals surface area (Å²) in [7, 11) is -4.57. The number of fused-ring (bicyclic) bond motifs is 1. The molecule has 0 amide bonds. The van der Waals surface area contributed by atoms with Crippen LogP contribution in [0.3, 0.4) is 0 Å². The zero-order chi connectivity index (χ0) is 24.3. The van der Waals surface area contributed by atoms with Crippen LogP contribution in [0.15, 0.2) is 53.4 Å². The molecule has 34 heavy (non-hydrogen) atoms. The predicted molar refractivity (Wildman–Crippen MR) is 131 cm³/mol. The van der Waals surface area contributed by atoms with Crippen LogP contribution in [-0.2, 0) is 14.8 Å². The highest BCUT2D eigenvalue weighted by atomic mass is 79.9. The van der Waals surface area contributed by atoms with Crippen LogP contribution in [0.5, 0.6) is 0 Å². The van der Waals surface area contributed by atoms with E-state index in [1.54, 1.807) is 6.07 Å². The number of halogens is 3. The SMILES string of the molecule is Nc1ncnc2c1c(-c1ccc(C3(S(N)(=O)=O)C=CC(Br)=CC3F)c(F)c1)cn2C1CCCC1. The summed E-state index contributed by atoms with van der Waals surface area (Å²) in [4.78, 5) is 8.52. The van der Waals surface area contributed by atoms with Crippen molar-refractivity contribution in [2.24, 2.45) is 5.14 Å². The van der Waals surface area contributed by atoms with E-state index in [0.29, 0.717) is 26.6 Å². The van der Waals surface area contributed by atoms with Gasteiger partial charge in [-0.3, -0.25) is 0 Å². The maximum atomic E-state index is 15.6. The number of allylic oxidation sites excluding steroid dienone is 3. The summed E-state index contributed by atoms with van der Waals surface area (Å²) in [5.41, 5.74) is 7.53. The zero-order valence-corrected chi connectivity index (χ0v) is 20.4. The third-order valence-electron chi connectivity index (χ3n) is 6.73. The summed E-state index contributed by atoms with van der Waals surface area (Å²) in [6.45, 7) is 0. The van der Waals surface area contributed by atoms with Gasteiger partial charge in [-0.1, -0.05) is 53.1 Å². The highest BCUT2D eigenvalue weighted by molar-refractivity contribution is 9.11.